The Bertz CT molecular complexity index is 523. The van der Waals surface area contributed by atoms with Gasteiger partial charge in [0.2, 0.25) is 0 Å². The lowest BCUT2D eigenvalue weighted by atomic mass is 10.1. The minimum Gasteiger partial charge on any atom is -0.331 e. The minimum atomic E-state index is 0.980. The van der Waals surface area contributed by atoms with Crippen LogP contribution in [0.1, 0.15) is 17.0 Å². The number of imidazole rings is 1. The molecule has 1 N–H and O–H groups in total. The summed E-state index contributed by atoms with van der Waals surface area (Å²) in [5.41, 5.74) is 4.89. The molecule has 0 saturated heterocycles. The third-order valence-corrected chi connectivity index (χ3v) is 3.34. The van der Waals surface area contributed by atoms with Gasteiger partial charge in [-0.05, 0) is 20.9 Å². The molecule has 96 valence electrons. The van der Waals surface area contributed by atoms with E-state index in [-0.39, 0.29) is 0 Å². The van der Waals surface area contributed by atoms with Crippen molar-refractivity contribution in [2.75, 3.05) is 13.6 Å². The van der Waals surface area contributed by atoms with Crippen molar-refractivity contribution >= 4 is 0 Å². The van der Waals surface area contributed by atoms with Gasteiger partial charge in [-0.1, -0.05) is 29.8 Å². The summed E-state index contributed by atoms with van der Waals surface area (Å²) in [6.07, 6.45) is 1.01. The Labute approximate surface area is 109 Å². The second-order valence-electron chi connectivity index (χ2n) is 4.75. The molecular formula is C15H21N3. The number of aromatic nitrogens is 2. The van der Waals surface area contributed by atoms with Crippen LogP contribution in [0.25, 0.3) is 11.4 Å². The first kappa shape index (κ1) is 12.8. The fourth-order valence-corrected chi connectivity index (χ4v) is 2.22. The summed E-state index contributed by atoms with van der Waals surface area (Å²) in [5, 5.41) is 3.19. The molecule has 0 spiro atoms. The normalized spacial score (nSPS) is 10.9. The maximum Gasteiger partial charge on any atom is 0.140 e. The minimum absolute atomic E-state index is 0.980. The van der Waals surface area contributed by atoms with Crippen LogP contribution in [0.4, 0.5) is 0 Å². The van der Waals surface area contributed by atoms with Crippen molar-refractivity contribution in [2.45, 2.75) is 20.3 Å². The average Bonchev–Trinajstić information content (AvgIpc) is 2.64. The maximum atomic E-state index is 4.70. The lowest BCUT2D eigenvalue weighted by Gasteiger charge is -2.06. The van der Waals surface area contributed by atoms with Crippen LogP contribution >= 0.6 is 0 Å². The van der Waals surface area contributed by atoms with Gasteiger partial charge in [0.25, 0.3) is 0 Å². The predicted molar refractivity (Wildman–Crippen MR) is 75.7 cm³/mol. The summed E-state index contributed by atoms with van der Waals surface area (Å²) in [7, 11) is 4.08. The third-order valence-electron chi connectivity index (χ3n) is 3.34. The molecule has 3 heteroatoms. The van der Waals surface area contributed by atoms with Crippen LogP contribution in [0.3, 0.4) is 0 Å². The van der Waals surface area contributed by atoms with Gasteiger partial charge in [-0.15, -0.1) is 0 Å². The number of rotatable bonds is 4. The number of nitrogens with zero attached hydrogens (tertiary/aromatic N) is 2. The van der Waals surface area contributed by atoms with Crippen LogP contribution in [0.5, 0.6) is 0 Å². The Hall–Kier alpha value is -1.61. The average molecular weight is 243 g/mol. The van der Waals surface area contributed by atoms with Gasteiger partial charge in [0.05, 0.1) is 5.69 Å². The van der Waals surface area contributed by atoms with E-state index in [2.05, 4.69) is 55.0 Å². The smallest absolute Gasteiger partial charge is 0.140 e. The van der Waals surface area contributed by atoms with Gasteiger partial charge in [-0.25, -0.2) is 4.98 Å². The monoisotopic (exact) mass is 243 g/mol. The number of nitrogens with one attached hydrogen (secondary N) is 1. The first-order valence-corrected chi connectivity index (χ1v) is 6.37. The molecule has 0 atom stereocenters. The van der Waals surface area contributed by atoms with E-state index in [1.165, 1.54) is 16.8 Å². The largest absolute Gasteiger partial charge is 0.331 e. The highest BCUT2D eigenvalue weighted by Gasteiger charge is 2.12. The molecule has 18 heavy (non-hydrogen) atoms. The Morgan fingerprint density at radius 2 is 1.83 bits per heavy atom. The van der Waals surface area contributed by atoms with E-state index in [1.54, 1.807) is 0 Å². The molecule has 0 radical (unpaired) electrons. The highest BCUT2D eigenvalue weighted by molar-refractivity contribution is 5.57. The molecule has 0 bridgehead atoms. The van der Waals surface area contributed by atoms with E-state index in [4.69, 9.17) is 4.98 Å². The third kappa shape index (κ3) is 2.46. The molecule has 0 amide bonds. The first-order valence-electron chi connectivity index (χ1n) is 6.37. The molecule has 2 rings (SSSR count). The standard InChI is InChI=1S/C15H21N3/c1-11-5-7-13(8-6-11)15-17-12(2)14(18(15)4)9-10-16-3/h5-8,16H,9-10H2,1-4H3. The van der Waals surface area contributed by atoms with Gasteiger partial charge in [0, 0.05) is 31.3 Å². The fraction of sp³-hybridized carbons (Fsp3) is 0.400. The van der Waals surface area contributed by atoms with Crippen LogP contribution in [0, 0.1) is 13.8 Å². The zero-order chi connectivity index (χ0) is 13.1. The van der Waals surface area contributed by atoms with Gasteiger partial charge >= 0.3 is 0 Å². The summed E-state index contributed by atoms with van der Waals surface area (Å²) in [4.78, 5) is 4.70. The van der Waals surface area contributed by atoms with Crippen molar-refractivity contribution in [1.82, 2.24) is 14.9 Å². The quantitative estimate of drug-likeness (QED) is 0.894. The van der Waals surface area contributed by atoms with E-state index < -0.39 is 0 Å². The molecule has 0 aliphatic rings. The van der Waals surface area contributed by atoms with Gasteiger partial charge in [0.1, 0.15) is 5.82 Å². The Morgan fingerprint density at radius 1 is 1.17 bits per heavy atom. The van der Waals surface area contributed by atoms with Crippen molar-refractivity contribution in [3.8, 4) is 11.4 Å². The molecule has 0 aliphatic heterocycles. The van der Waals surface area contributed by atoms with Crippen LogP contribution < -0.4 is 5.32 Å². The number of likely N-dealkylation sites (N-methyl/N-ethyl adjacent to an activating group) is 1. The van der Waals surface area contributed by atoms with Crippen LogP contribution in [0.2, 0.25) is 0 Å². The SMILES string of the molecule is CNCCc1c(C)nc(-c2ccc(C)cc2)n1C. The number of hydrogen-bond donors (Lipinski definition) is 1. The molecule has 1 heterocycles. The molecule has 0 saturated carbocycles. The lowest BCUT2D eigenvalue weighted by molar-refractivity contribution is 0.736. The summed E-state index contributed by atoms with van der Waals surface area (Å²) in [5.74, 6) is 1.05. The van der Waals surface area contributed by atoms with Crippen molar-refractivity contribution in [2.24, 2.45) is 7.05 Å². The summed E-state index contributed by atoms with van der Waals surface area (Å²) < 4.78 is 2.21. The second kappa shape index (κ2) is 5.36. The Morgan fingerprint density at radius 3 is 2.44 bits per heavy atom. The molecule has 0 aliphatic carbocycles. The highest BCUT2D eigenvalue weighted by atomic mass is 15.1. The van der Waals surface area contributed by atoms with Crippen molar-refractivity contribution < 1.29 is 0 Å². The number of benzene rings is 1. The first-order chi connectivity index (χ1) is 8.63. The van der Waals surface area contributed by atoms with Gasteiger partial charge in [-0.2, -0.15) is 0 Å². The summed E-state index contributed by atoms with van der Waals surface area (Å²) in [6, 6.07) is 8.54. The van der Waals surface area contributed by atoms with E-state index in [0.717, 1.165) is 24.5 Å². The highest BCUT2D eigenvalue weighted by Crippen LogP contribution is 2.21. The van der Waals surface area contributed by atoms with Crippen molar-refractivity contribution in [3.05, 3.63) is 41.2 Å². The molecule has 3 nitrogen and oxygen atoms in total. The number of aryl methyl sites for hydroxylation is 2. The zero-order valence-electron chi connectivity index (χ0n) is 11.6. The lowest BCUT2D eigenvalue weighted by Crippen LogP contribution is -2.13. The molecule has 1 aromatic heterocycles. The second-order valence-corrected chi connectivity index (χ2v) is 4.75. The van der Waals surface area contributed by atoms with Gasteiger partial charge < -0.3 is 9.88 Å². The van der Waals surface area contributed by atoms with E-state index in [1.807, 2.05) is 7.05 Å². The summed E-state index contributed by atoms with van der Waals surface area (Å²) >= 11 is 0. The predicted octanol–water partition coefficient (Wildman–Crippen LogP) is 2.47. The van der Waals surface area contributed by atoms with Crippen LogP contribution in [-0.2, 0) is 13.5 Å². The van der Waals surface area contributed by atoms with E-state index in [9.17, 15) is 0 Å². The topological polar surface area (TPSA) is 29.9 Å². The fourth-order valence-electron chi connectivity index (χ4n) is 2.22. The van der Waals surface area contributed by atoms with Gasteiger partial charge in [-0.3, -0.25) is 0 Å². The van der Waals surface area contributed by atoms with Gasteiger partial charge in [0.15, 0.2) is 0 Å². The summed E-state index contributed by atoms with van der Waals surface area (Å²) in [6.45, 7) is 5.17. The van der Waals surface area contributed by atoms with Crippen molar-refractivity contribution in [3.63, 3.8) is 0 Å². The molecule has 0 unspecified atom stereocenters. The van der Waals surface area contributed by atoms with Crippen LogP contribution in [0.15, 0.2) is 24.3 Å². The van der Waals surface area contributed by atoms with E-state index in [0.29, 0.717) is 0 Å². The van der Waals surface area contributed by atoms with Crippen LogP contribution in [-0.4, -0.2) is 23.1 Å². The number of hydrogen-bond acceptors (Lipinski definition) is 2. The maximum absolute atomic E-state index is 4.70. The Kier molecular flexibility index (Phi) is 3.82. The molecule has 2 aromatic rings. The Balaban J connectivity index is 2.37. The molecule has 0 fully saturated rings. The zero-order valence-corrected chi connectivity index (χ0v) is 11.6. The van der Waals surface area contributed by atoms with Crippen molar-refractivity contribution in [1.29, 1.82) is 0 Å². The molecular weight excluding hydrogens is 222 g/mol. The molecule has 1 aromatic carbocycles. The van der Waals surface area contributed by atoms with E-state index >= 15 is 0 Å².